The summed E-state index contributed by atoms with van der Waals surface area (Å²) in [6.45, 7) is 4.33. The Bertz CT molecular complexity index is 268. The Balaban J connectivity index is 2.43. The summed E-state index contributed by atoms with van der Waals surface area (Å²) in [5.74, 6) is 0. The minimum absolute atomic E-state index is 0.330. The van der Waals surface area contributed by atoms with Gasteiger partial charge < -0.3 is 5.73 Å². The largest absolute Gasteiger partial charge is 0.327 e. The first-order chi connectivity index (χ1) is 6.72. The molecule has 0 heterocycles. The third-order valence-corrected chi connectivity index (χ3v) is 2.51. The molecule has 0 amide bonds. The lowest BCUT2D eigenvalue weighted by Crippen LogP contribution is -2.22. The van der Waals surface area contributed by atoms with Gasteiger partial charge in [0.05, 0.1) is 0 Å². The number of rotatable bonds is 5. The molecule has 0 radical (unpaired) electrons. The van der Waals surface area contributed by atoms with Crippen LogP contribution in [0.3, 0.4) is 0 Å². The van der Waals surface area contributed by atoms with Crippen molar-refractivity contribution in [1.82, 2.24) is 0 Å². The zero-order chi connectivity index (χ0) is 10.4. The van der Waals surface area contributed by atoms with Crippen molar-refractivity contribution in [3.05, 3.63) is 35.4 Å². The fourth-order valence-electron chi connectivity index (χ4n) is 1.71. The molecule has 14 heavy (non-hydrogen) atoms. The van der Waals surface area contributed by atoms with Crippen LogP contribution in [0.1, 0.15) is 37.3 Å². The van der Waals surface area contributed by atoms with Crippen molar-refractivity contribution in [3.8, 4) is 0 Å². The second kappa shape index (κ2) is 5.82. The molecular weight excluding hydrogens is 170 g/mol. The van der Waals surface area contributed by atoms with E-state index in [-0.39, 0.29) is 0 Å². The van der Waals surface area contributed by atoms with Crippen molar-refractivity contribution in [2.45, 2.75) is 45.6 Å². The van der Waals surface area contributed by atoms with E-state index < -0.39 is 0 Å². The monoisotopic (exact) mass is 191 g/mol. The highest BCUT2D eigenvalue weighted by Crippen LogP contribution is 2.09. The molecule has 0 bridgehead atoms. The molecule has 0 aliphatic heterocycles. The van der Waals surface area contributed by atoms with Gasteiger partial charge in [0.25, 0.3) is 0 Å². The lowest BCUT2D eigenvalue weighted by molar-refractivity contribution is 0.574. The molecule has 0 aliphatic carbocycles. The SMILES string of the molecule is CCCCC(N)Cc1cccc(C)c1. The molecule has 2 N–H and O–H groups in total. The van der Waals surface area contributed by atoms with Gasteiger partial charge in [-0.05, 0) is 25.3 Å². The molecule has 1 aromatic rings. The average molecular weight is 191 g/mol. The topological polar surface area (TPSA) is 26.0 Å². The second-order valence-corrected chi connectivity index (χ2v) is 4.10. The van der Waals surface area contributed by atoms with Crippen LogP contribution in [0.2, 0.25) is 0 Å². The Labute approximate surface area is 87.3 Å². The van der Waals surface area contributed by atoms with E-state index in [1.807, 2.05) is 0 Å². The number of aryl methyl sites for hydroxylation is 1. The van der Waals surface area contributed by atoms with Crippen LogP contribution in [0.15, 0.2) is 24.3 Å². The molecule has 0 fully saturated rings. The molecule has 0 saturated heterocycles. The molecule has 1 unspecified atom stereocenters. The van der Waals surface area contributed by atoms with Gasteiger partial charge in [-0.15, -0.1) is 0 Å². The predicted octanol–water partition coefficient (Wildman–Crippen LogP) is 3.06. The lowest BCUT2D eigenvalue weighted by Gasteiger charge is -2.11. The highest BCUT2D eigenvalue weighted by molar-refractivity contribution is 5.22. The Kier molecular flexibility index (Phi) is 4.68. The molecule has 1 heteroatoms. The third kappa shape index (κ3) is 3.93. The first kappa shape index (κ1) is 11.3. The number of hydrogen-bond acceptors (Lipinski definition) is 1. The smallest absolute Gasteiger partial charge is 0.00793 e. The van der Waals surface area contributed by atoms with Crippen molar-refractivity contribution in [3.63, 3.8) is 0 Å². The summed E-state index contributed by atoms with van der Waals surface area (Å²) < 4.78 is 0. The van der Waals surface area contributed by atoms with Gasteiger partial charge in [-0.25, -0.2) is 0 Å². The third-order valence-electron chi connectivity index (χ3n) is 2.51. The van der Waals surface area contributed by atoms with Crippen LogP contribution in [0.25, 0.3) is 0 Å². The normalized spacial score (nSPS) is 12.8. The van der Waals surface area contributed by atoms with Crippen molar-refractivity contribution in [2.24, 2.45) is 5.73 Å². The van der Waals surface area contributed by atoms with E-state index in [4.69, 9.17) is 5.73 Å². The number of nitrogens with two attached hydrogens (primary N) is 1. The van der Waals surface area contributed by atoms with Gasteiger partial charge >= 0.3 is 0 Å². The average Bonchev–Trinajstić information content (AvgIpc) is 2.15. The van der Waals surface area contributed by atoms with Crippen molar-refractivity contribution in [2.75, 3.05) is 0 Å². The molecule has 1 nitrogen and oxygen atoms in total. The summed E-state index contributed by atoms with van der Waals surface area (Å²) in [5, 5.41) is 0. The summed E-state index contributed by atoms with van der Waals surface area (Å²) in [6.07, 6.45) is 4.64. The molecule has 0 aliphatic rings. The van der Waals surface area contributed by atoms with Crippen molar-refractivity contribution < 1.29 is 0 Å². The van der Waals surface area contributed by atoms with Gasteiger partial charge in [-0.3, -0.25) is 0 Å². The predicted molar refractivity (Wildman–Crippen MR) is 62.4 cm³/mol. The lowest BCUT2D eigenvalue weighted by atomic mass is 10.0. The highest BCUT2D eigenvalue weighted by atomic mass is 14.6. The van der Waals surface area contributed by atoms with E-state index in [0.717, 1.165) is 12.8 Å². The summed E-state index contributed by atoms with van der Waals surface area (Å²) in [6, 6.07) is 8.96. The van der Waals surface area contributed by atoms with E-state index in [0.29, 0.717) is 6.04 Å². The number of hydrogen-bond donors (Lipinski definition) is 1. The minimum Gasteiger partial charge on any atom is -0.327 e. The number of benzene rings is 1. The minimum atomic E-state index is 0.330. The standard InChI is InChI=1S/C13H21N/c1-3-4-8-13(14)10-12-7-5-6-11(2)9-12/h5-7,9,13H,3-4,8,10,14H2,1-2H3. The Hall–Kier alpha value is -0.820. The maximum atomic E-state index is 6.04. The zero-order valence-corrected chi connectivity index (χ0v) is 9.29. The summed E-state index contributed by atoms with van der Waals surface area (Å²) in [4.78, 5) is 0. The van der Waals surface area contributed by atoms with E-state index in [2.05, 4.69) is 38.1 Å². The van der Waals surface area contributed by atoms with Crippen LogP contribution in [-0.2, 0) is 6.42 Å². The van der Waals surface area contributed by atoms with Crippen LogP contribution < -0.4 is 5.73 Å². The van der Waals surface area contributed by atoms with Crippen LogP contribution in [0.5, 0.6) is 0 Å². The van der Waals surface area contributed by atoms with Gasteiger partial charge in [0.2, 0.25) is 0 Å². The first-order valence-electron chi connectivity index (χ1n) is 5.53. The van der Waals surface area contributed by atoms with Gasteiger partial charge in [0, 0.05) is 6.04 Å². The summed E-state index contributed by atoms with van der Waals surface area (Å²) >= 11 is 0. The first-order valence-corrected chi connectivity index (χ1v) is 5.53. The molecule has 0 aromatic heterocycles. The van der Waals surface area contributed by atoms with Crippen LogP contribution in [-0.4, -0.2) is 6.04 Å². The van der Waals surface area contributed by atoms with Crippen LogP contribution in [0.4, 0.5) is 0 Å². The van der Waals surface area contributed by atoms with Gasteiger partial charge in [0.1, 0.15) is 0 Å². The molecule has 0 saturated carbocycles. The Morgan fingerprint density at radius 2 is 2.14 bits per heavy atom. The quantitative estimate of drug-likeness (QED) is 0.760. The maximum absolute atomic E-state index is 6.04. The summed E-state index contributed by atoms with van der Waals surface area (Å²) in [7, 11) is 0. The Morgan fingerprint density at radius 1 is 1.36 bits per heavy atom. The molecule has 1 atom stereocenters. The molecular formula is C13H21N. The highest BCUT2D eigenvalue weighted by Gasteiger charge is 2.03. The van der Waals surface area contributed by atoms with E-state index in [1.54, 1.807) is 0 Å². The van der Waals surface area contributed by atoms with Gasteiger partial charge in [-0.2, -0.15) is 0 Å². The van der Waals surface area contributed by atoms with E-state index in [9.17, 15) is 0 Å². The molecule has 1 rings (SSSR count). The van der Waals surface area contributed by atoms with E-state index in [1.165, 1.54) is 24.0 Å². The number of unbranched alkanes of at least 4 members (excludes halogenated alkanes) is 1. The zero-order valence-electron chi connectivity index (χ0n) is 9.29. The van der Waals surface area contributed by atoms with Gasteiger partial charge in [-0.1, -0.05) is 49.6 Å². The second-order valence-electron chi connectivity index (χ2n) is 4.10. The molecule has 78 valence electrons. The maximum Gasteiger partial charge on any atom is 0.00793 e. The van der Waals surface area contributed by atoms with Crippen molar-refractivity contribution in [1.29, 1.82) is 0 Å². The summed E-state index contributed by atoms with van der Waals surface area (Å²) in [5.41, 5.74) is 8.74. The fraction of sp³-hybridized carbons (Fsp3) is 0.538. The fourth-order valence-corrected chi connectivity index (χ4v) is 1.71. The van der Waals surface area contributed by atoms with Crippen LogP contribution >= 0.6 is 0 Å². The Morgan fingerprint density at radius 3 is 2.79 bits per heavy atom. The molecule has 0 spiro atoms. The molecule has 1 aromatic carbocycles. The van der Waals surface area contributed by atoms with Gasteiger partial charge in [0.15, 0.2) is 0 Å². The van der Waals surface area contributed by atoms with Crippen LogP contribution in [0, 0.1) is 6.92 Å². The van der Waals surface area contributed by atoms with Crippen molar-refractivity contribution >= 4 is 0 Å². The van der Waals surface area contributed by atoms with E-state index >= 15 is 0 Å².